The largest absolute Gasteiger partial charge is 0.454 e. The molecule has 2 rings (SSSR count). The summed E-state index contributed by atoms with van der Waals surface area (Å²) < 4.78 is 6.97. The van der Waals surface area contributed by atoms with Gasteiger partial charge >= 0.3 is 5.97 Å². The fourth-order valence-corrected chi connectivity index (χ4v) is 1.78. The van der Waals surface area contributed by atoms with E-state index in [0.29, 0.717) is 17.1 Å². The molecule has 1 aromatic carbocycles. The van der Waals surface area contributed by atoms with Crippen LogP contribution in [0.1, 0.15) is 35.1 Å². The summed E-state index contributed by atoms with van der Waals surface area (Å²) in [6.07, 6.45) is 2.40. The lowest BCUT2D eigenvalue weighted by atomic mass is 10.1. The van der Waals surface area contributed by atoms with Gasteiger partial charge < -0.3 is 10.5 Å². The summed E-state index contributed by atoms with van der Waals surface area (Å²) in [4.78, 5) is 16.0. The van der Waals surface area contributed by atoms with E-state index in [1.165, 1.54) is 6.33 Å². The van der Waals surface area contributed by atoms with Crippen LogP contribution in [0, 0.1) is 6.92 Å². The zero-order valence-corrected chi connectivity index (χ0v) is 11.7. The normalized spacial score (nSPS) is 10.5. The van der Waals surface area contributed by atoms with Gasteiger partial charge in [-0.05, 0) is 31.0 Å². The van der Waals surface area contributed by atoms with Crippen molar-refractivity contribution in [2.75, 3.05) is 5.73 Å². The number of hydrogen-bond donors (Lipinski definition) is 1. The average molecular weight is 274 g/mol. The zero-order chi connectivity index (χ0) is 14.5. The minimum atomic E-state index is -0.414. The zero-order valence-electron chi connectivity index (χ0n) is 11.7. The Bertz CT molecular complexity index is 607. The van der Waals surface area contributed by atoms with Crippen molar-refractivity contribution in [2.24, 2.45) is 0 Å². The van der Waals surface area contributed by atoms with Crippen LogP contribution in [0.5, 0.6) is 0 Å². The number of hydrogen-bond acceptors (Lipinski definition) is 5. The summed E-state index contributed by atoms with van der Waals surface area (Å²) in [5.41, 5.74) is 7.73. The molecule has 1 heterocycles. The highest BCUT2D eigenvalue weighted by Gasteiger charge is 2.11. The van der Waals surface area contributed by atoms with Crippen molar-refractivity contribution in [1.82, 2.24) is 14.8 Å². The number of nitrogen functional groups attached to an aromatic ring is 1. The van der Waals surface area contributed by atoms with Crippen LogP contribution in [0.4, 0.5) is 5.69 Å². The highest BCUT2D eigenvalue weighted by atomic mass is 16.5. The third-order valence-electron chi connectivity index (χ3n) is 2.98. The van der Waals surface area contributed by atoms with Gasteiger partial charge in [0.1, 0.15) is 6.33 Å². The monoisotopic (exact) mass is 274 g/mol. The maximum Gasteiger partial charge on any atom is 0.338 e. The first-order valence-corrected chi connectivity index (χ1v) is 6.51. The number of nitrogens with two attached hydrogens (primary N) is 1. The first-order chi connectivity index (χ1) is 9.61. The van der Waals surface area contributed by atoms with Gasteiger partial charge in [0.05, 0.1) is 5.56 Å². The van der Waals surface area contributed by atoms with Crippen molar-refractivity contribution in [3.63, 3.8) is 0 Å². The van der Waals surface area contributed by atoms with E-state index >= 15 is 0 Å². The lowest BCUT2D eigenvalue weighted by Crippen LogP contribution is -2.11. The Morgan fingerprint density at radius 2 is 2.25 bits per heavy atom. The molecule has 0 atom stereocenters. The van der Waals surface area contributed by atoms with Crippen LogP contribution in [0.15, 0.2) is 24.5 Å². The van der Waals surface area contributed by atoms with Gasteiger partial charge in [0, 0.05) is 12.2 Å². The van der Waals surface area contributed by atoms with Gasteiger partial charge in [-0.3, -0.25) is 0 Å². The molecule has 0 amide bonds. The quantitative estimate of drug-likeness (QED) is 0.665. The number of rotatable bonds is 5. The number of anilines is 1. The van der Waals surface area contributed by atoms with Gasteiger partial charge in [-0.25, -0.2) is 14.5 Å². The van der Waals surface area contributed by atoms with Crippen molar-refractivity contribution in [3.05, 3.63) is 41.5 Å². The molecular weight excluding hydrogens is 256 g/mol. The molecule has 0 bridgehead atoms. The molecule has 1 aromatic heterocycles. The molecule has 6 heteroatoms. The second kappa shape index (κ2) is 6.18. The Balaban J connectivity index is 2.01. The van der Waals surface area contributed by atoms with Gasteiger partial charge in [-0.2, -0.15) is 5.10 Å². The second-order valence-corrected chi connectivity index (χ2v) is 4.55. The fraction of sp³-hybridized carbons (Fsp3) is 0.357. The number of nitrogens with zero attached hydrogens (tertiary/aromatic N) is 3. The van der Waals surface area contributed by atoms with Gasteiger partial charge in [-0.1, -0.05) is 13.0 Å². The predicted molar refractivity (Wildman–Crippen MR) is 75.0 cm³/mol. The molecule has 2 aromatic rings. The van der Waals surface area contributed by atoms with Crippen LogP contribution < -0.4 is 5.73 Å². The van der Waals surface area contributed by atoms with Crippen LogP contribution in [0.25, 0.3) is 0 Å². The molecule has 0 fully saturated rings. The van der Waals surface area contributed by atoms with Crippen LogP contribution in [-0.2, 0) is 17.9 Å². The molecule has 106 valence electrons. The SMILES string of the molecule is CCCn1ncnc1COC(=O)c1ccc(C)c(N)c1. The number of ether oxygens (including phenoxy) is 1. The number of aryl methyl sites for hydroxylation is 2. The molecule has 20 heavy (non-hydrogen) atoms. The van der Waals surface area contributed by atoms with Gasteiger partial charge in [-0.15, -0.1) is 0 Å². The maximum absolute atomic E-state index is 11.9. The number of benzene rings is 1. The van der Waals surface area contributed by atoms with E-state index in [9.17, 15) is 4.79 Å². The summed E-state index contributed by atoms with van der Waals surface area (Å²) in [7, 11) is 0. The van der Waals surface area contributed by atoms with Crippen LogP contribution >= 0.6 is 0 Å². The van der Waals surface area contributed by atoms with Crippen LogP contribution in [0.3, 0.4) is 0 Å². The standard InChI is InChI=1S/C14H18N4O2/c1-3-6-18-13(16-9-17-18)8-20-14(19)11-5-4-10(2)12(15)7-11/h4-5,7,9H,3,6,8,15H2,1-2H3. The van der Waals surface area contributed by atoms with Crippen molar-refractivity contribution < 1.29 is 9.53 Å². The molecule has 0 radical (unpaired) electrons. The molecule has 0 spiro atoms. The summed E-state index contributed by atoms with van der Waals surface area (Å²) in [6, 6.07) is 5.12. The molecule has 6 nitrogen and oxygen atoms in total. The molecule has 0 aliphatic heterocycles. The van der Waals surface area contributed by atoms with E-state index in [0.717, 1.165) is 18.5 Å². The minimum Gasteiger partial charge on any atom is -0.454 e. The van der Waals surface area contributed by atoms with Crippen molar-refractivity contribution in [3.8, 4) is 0 Å². The lowest BCUT2D eigenvalue weighted by Gasteiger charge is -2.07. The van der Waals surface area contributed by atoms with Crippen molar-refractivity contribution in [2.45, 2.75) is 33.4 Å². The summed E-state index contributed by atoms with van der Waals surface area (Å²) in [6.45, 7) is 4.79. The Hall–Kier alpha value is -2.37. The van der Waals surface area contributed by atoms with Crippen molar-refractivity contribution in [1.29, 1.82) is 0 Å². The highest BCUT2D eigenvalue weighted by molar-refractivity contribution is 5.90. The van der Waals surface area contributed by atoms with E-state index in [-0.39, 0.29) is 6.61 Å². The van der Waals surface area contributed by atoms with Crippen LogP contribution in [-0.4, -0.2) is 20.7 Å². The van der Waals surface area contributed by atoms with E-state index in [2.05, 4.69) is 10.1 Å². The number of carbonyl (C=O) groups excluding carboxylic acids is 1. The molecule has 0 aliphatic carbocycles. The third-order valence-corrected chi connectivity index (χ3v) is 2.98. The predicted octanol–water partition coefficient (Wildman–Crippen LogP) is 1.94. The molecule has 0 unspecified atom stereocenters. The summed E-state index contributed by atoms with van der Waals surface area (Å²) in [5, 5.41) is 4.08. The molecule has 0 saturated carbocycles. The minimum absolute atomic E-state index is 0.104. The van der Waals surface area contributed by atoms with Gasteiger partial charge in [0.15, 0.2) is 12.4 Å². The van der Waals surface area contributed by atoms with E-state index in [4.69, 9.17) is 10.5 Å². The maximum atomic E-state index is 11.9. The Morgan fingerprint density at radius 1 is 1.45 bits per heavy atom. The number of aromatic nitrogens is 3. The van der Waals surface area contributed by atoms with E-state index in [1.807, 2.05) is 13.8 Å². The Morgan fingerprint density at radius 3 is 2.95 bits per heavy atom. The summed E-state index contributed by atoms with van der Waals surface area (Å²) in [5.74, 6) is 0.225. The number of esters is 1. The summed E-state index contributed by atoms with van der Waals surface area (Å²) >= 11 is 0. The third kappa shape index (κ3) is 3.14. The smallest absolute Gasteiger partial charge is 0.338 e. The Kier molecular flexibility index (Phi) is 4.34. The topological polar surface area (TPSA) is 83.0 Å². The molecule has 0 saturated heterocycles. The van der Waals surface area contributed by atoms with Crippen LogP contribution in [0.2, 0.25) is 0 Å². The van der Waals surface area contributed by atoms with E-state index < -0.39 is 5.97 Å². The molecular formula is C14H18N4O2. The van der Waals surface area contributed by atoms with Crippen molar-refractivity contribution >= 4 is 11.7 Å². The van der Waals surface area contributed by atoms with Gasteiger partial charge in [0.2, 0.25) is 0 Å². The number of carbonyl (C=O) groups is 1. The molecule has 2 N–H and O–H groups in total. The van der Waals surface area contributed by atoms with E-state index in [1.54, 1.807) is 22.9 Å². The lowest BCUT2D eigenvalue weighted by molar-refractivity contribution is 0.0456. The highest BCUT2D eigenvalue weighted by Crippen LogP contribution is 2.14. The second-order valence-electron chi connectivity index (χ2n) is 4.55. The van der Waals surface area contributed by atoms with Gasteiger partial charge in [0.25, 0.3) is 0 Å². The Labute approximate surface area is 117 Å². The average Bonchev–Trinajstić information content (AvgIpc) is 2.87. The first-order valence-electron chi connectivity index (χ1n) is 6.51. The molecule has 0 aliphatic rings. The first kappa shape index (κ1) is 14.0. The fourth-order valence-electron chi connectivity index (χ4n) is 1.78.